The van der Waals surface area contributed by atoms with Gasteiger partial charge in [0.1, 0.15) is 11.8 Å². The fourth-order valence-corrected chi connectivity index (χ4v) is 5.20. The van der Waals surface area contributed by atoms with Crippen molar-refractivity contribution < 1.29 is 4.79 Å². The highest BCUT2D eigenvalue weighted by Gasteiger charge is 2.36. The molecule has 192 valence electrons. The zero-order chi connectivity index (χ0) is 25.8. The first-order valence-corrected chi connectivity index (χ1v) is 12.9. The molecule has 2 fully saturated rings. The molecule has 4 rings (SSSR count). The van der Waals surface area contributed by atoms with Crippen molar-refractivity contribution in [2.24, 2.45) is 17.2 Å². The number of amides is 1. The van der Waals surface area contributed by atoms with E-state index < -0.39 is 17.4 Å². The summed E-state index contributed by atoms with van der Waals surface area (Å²) >= 11 is 0. The minimum atomic E-state index is -1.000. The van der Waals surface area contributed by atoms with Crippen molar-refractivity contribution in [2.45, 2.75) is 55.9 Å². The second kappa shape index (κ2) is 11.1. The van der Waals surface area contributed by atoms with E-state index in [2.05, 4.69) is 28.2 Å². The van der Waals surface area contributed by atoms with Crippen molar-refractivity contribution in [3.8, 4) is 17.2 Å². The normalized spacial score (nSPS) is 19.9. The average molecular weight is 490 g/mol. The van der Waals surface area contributed by atoms with E-state index in [1.165, 1.54) is 0 Å². The second-order valence-electron chi connectivity index (χ2n) is 10.5. The van der Waals surface area contributed by atoms with Gasteiger partial charge in [0.05, 0.1) is 11.6 Å². The number of nitrogens with zero attached hydrogens (tertiary/aromatic N) is 3. The maximum absolute atomic E-state index is 12.7. The van der Waals surface area contributed by atoms with Crippen LogP contribution in [0.1, 0.15) is 43.2 Å². The minimum absolute atomic E-state index is 0.210. The Morgan fingerprint density at radius 3 is 2.11 bits per heavy atom. The molecule has 1 atom stereocenters. The zero-order valence-corrected chi connectivity index (χ0v) is 21.2. The van der Waals surface area contributed by atoms with Gasteiger partial charge in [0.2, 0.25) is 5.91 Å². The maximum Gasteiger partial charge on any atom is 0.241 e. The number of nitriles is 1. The first kappa shape index (κ1) is 26.3. The Morgan fingerprint density at radius 2 is 1.56 bits per heavy atom. The molecule has 1 saturated carbocycles. The number of piperazine rings is 1. The number of likely N-dealkylation sites (N-methyl/N-ethyl adjacent to an activating group) is 1. The van der Waals surface area contributed by atoms with E-state index in [1.807, 2.05) is 48.5 Å². The van der Waals surface area contributed by atoms with Crippen LogP contribution < -0.4 is 22.5 Å². The van der Waals surface area contributed by atoms with Gasteiger partial charge in [-0.1, -0.05) is 67.8 Å². The van der Waals surface area contributed by atoms with Crippen LogP contribution in [-0.2, 0) is 17.0 Å². The van der Waals surface area contributed by atoms with Crippen molar-refractivity contribution >= 4 is 5.91 Å². The first-order chi connectivity index (χ1) is 17.2. The highest BCUT2D eigenvalue weighted by atomic mass is 16.2. The summed E-state index contributed by atoms with van der Waals surface area (Å²) in [4.78, 5) is 17.1. The SMILES string of the molecule is CN1CCN(C(N)(N)c2ccc(-c3ccc(C[C@@H](C#N)NC(=O)C4(N)CCCCC4)cc3)cc2)CC1. The summed E-state index contributed by atoms with van der Waals surface area (Å²) in [6.45, 7) is 3.57. The number of carbonyl (C=O) groups excluding carboxylic acids is 1. The van der Waals surface area contributed by atoms with Gasteiger partial charge in [-0.15, -0.1) is 0 Å². The lowest BCUT2D eigenvalue weighted by molar-refractivity contribution is -0.127. The molecule has 0 radical (unpaired) electrons. The summed E-state index contributed by atoms with van der Waals surface area (Å²) < 4.78 is 0. The number of nitrogens with one attached hydrogen (secondary N) is 1. The number of nitrogens with two attached hydrogens (primary N) is 3. The molecule has 0 spiro atoms. The number of hydrogen-bond donors (Lipinski definition) is 4. The largest absolute Gasteiger partial charge is 0.338 e. The van der Waals surface area contributed by atoms with Crippen LogP contribution in [0, 0.1) is 11.3 Å². The van der Waals surface area contributed by atoms with E-state index in [0.717, 1.165) is 67.7 Å². The Kier molecular flexibility index (Phi) is 8.08. The van der Waals surface area contributed by atoms with Gasteiger partial charge in [-0.05, 0) is 36.6 Å². The highest BCUT2D eigenvalue weighted by molar-refractivity contribution is 5.86. The molecule has 2 aromatic rings. The average Bonchev–Trinajstić information content (AvgIpc) is 2.89. The predicted octanol–water partition coefficient (Wildman–Crippen LogP) is 1.84. The molecule has 8 heteroatoms. The third-order valence-electron chi connectivity index (χ3n) is 7.76. The molecular formula is C28H39N7O. The Morgan fingerprint density at radius 1 is 1.00 bits per heavy atom. The second-order valence-corrected chi connectivity index (χ2v) is 10.5. The van der Waals surface area contributed by atoms with Crippen LogP contribution in [0.25, 0.3) is 11.1 Å². The van der Waals surface area contributed by atoms with Crippen LogP contribution in [0.3, 0.4) is 0 Å². The molecule has 8 nitrogen and oxygen atoms in total. The molecule has 1 heterocycles. The van der Waals surface area contributed by atoms with Crippen molar-refractivity contribution in [1.29, 1.82) is 5.26 Å². The van der Waals surface area contributed by atoms with Crippen LogP contribution >= 0.6 is 0 Å². The summed E-state index contributed by atoms with van der Waals surface area (Å²) in [6.07, 6.45) is 4.81. The molecule has 36 heavy (non-hydrogen) atoms. The van der Waals surface area contributed by atoms with Crippen LogP contribution in [0.4, 0.5) is 0 Å². The quantitative estimate of drug-likeness (QED) is 0.436. The third kappa shape index (κ3) is 5.94. The van der Waals surface area contributed by atoms with Crippen molar-refractivity contribution in [2.75, 3.05) is 33.2 Å². The van der Waals surface area contributed by atoms with E-state index in [1.54, 1.807) is 0 Å². The van der Waals surface area contributed by atoms with E-state index in [-0.39, 0.29) is 5.91 Å². The van der Waals surface area contributed by atoms with Gasteiger partial charge >= 0.3 is 0 Å². The van der Waals surface area contributed by atoms with Gasteiger partial charge in [0.15, 0.2) is 0 Å². The van der Waals surface area contributed by atoms with Crippen LogP contribution in [0.2, 0.25) is 0 Å². The van der Waals surface area contributed by atoms with Crippen LogP contribution in [-0.4, -0.2) is 60.5 Å². The molecule has 1 aliphatic heterocycles. The number of benzene rings is 2. The molecule has 0 bridgehead atoms. The number of carbonyl (C=O) groups is 1. The number of hydrogen-bond acceptors (Lipinski definition) is 7. The maximum atomic E-state index is 12.7. The summed E-state index contributed by atoms with van der Waals surface area (Å²) in [6, 6.07) is 17.7. The highest BCUT2D eigenvalue weighted by Crippen LogP contribution is 2.27. The van der Waals surface area contributed by atoms with Crippen molar-refractivity contribution in [1.82, 2.24) is 15.1 Å². The molecule has 0 unspecified atom stereocenters. The lowest BCUT2D eigenvalue weighted by Crippen LogP contribution is -2.64. The van der Waals surface area contributed by atoms with E-state index in [0.29, 0.717) is 19.3 Å². The van der Waals surface area contributed by atoms with Gasteiger partial charge in [0, 0.05) is 38.2 Å². The summed E-state index contributed by atoms with van der Waals surface area (Å²) in [7, 11) is 2.11. The van der Waals surface area contributed by atoms with E-state index in [9.17, 15) is 10.1 Å². The third-order valence-corrected chi connectivity index (χ3v) is 7.76. The molecule has 0 aromatic heterocycles. The summed E-state index contributed by atoms with van der Waals surface area (Å²) in [5.74, 6) is -1.21. The fourth-order valence-electron chi connectivity index (χ4n) is 5.20. The molecular weight excluding hydrogens is 450 g/mol. The van der Waals surface area contributed by atoms with E-state index in [4.69, 9.17) is 17.2 Å². The minimum Gasteiger partial charge on any atom is -0.338 e. The Balaban J connectivity index is 1.37. The Labute approximate surface area is 214 Å². The topological polar surface area (TPSA) is 137 Å². The fraction of sp³-hybridized carbons (Fsp3) is 0.500. The van der Waals surface area contributed by atoms with Crippen LogP contribution in [0.15, 0.2) is 48.5 Å². The van der Waals surface area contributed by atoms with Gasteiger partial charge in [0.25, 0.3) is 0 Å². The van der Waals surface area contributed by atoms with Crippen molar-refractivity contribution in [3.63, 3.8) is 0 Å². The zero-order valence-electron chi connectivity index (χ0n) is 21.2. The van der Waals surface area contributed by atoms with Crippen LogP contribution in [0.5, 0.6) is 0 Å². The summed E-state index contributed by atoms with van der Waals surface area (Å²) in [5.41, 5.74) is 22.5. The Hall–Kier alpha value is -2.80. The van der Waals surface area contributed by atoms with Gasteiger partial charge in [-0.3, -0.25) is 21.2 Å². The predicted molar refractivity (Wildman–Crippen MR) is 142 cm³/mol. The van der Waals surface area contributed by atoms with Gasteiger partial charge < -0.3 is 16.0 Å². The monoisotopic (exact) mass is 489 g/mol. The molecule has 2 aromatic carbocycles. The number of rotatable bonds is 7. The lowest BCUT2D eigenvalue weighted by Gasteiger charge is -2.42. The summed E-state index contributed by atoms with van der Waals surface area (Å²) in [5, 5.41) is 12.5. The Bertz CT molecular complexity index is 1060. The smallest absolute Gasteiger partial charge is 0.241 e. The lowest BCUT2D eigenvalue weighted by atomic mass is 9.81. The molecule has 1 aliphatic carbocycles. The van der Waals surface area contributed by atoms with E-state index >= 15 is 0 Å². The van der Waals surface area contributed by atoms with Crippen molar-refractivity contribution in [3.05, 3.63) is 59.7 Å². The van der Waals surface area contributed by atoms with Gasteiger partial charge in [-0.2, -0.15) is 5.26 Å². The molecule has 2 aliphatic rings. The standard InChI is InChI=1S/C28H39N7O/c1-34-15-17-35(18-16-34)28(31,32)24-11-9-23(10-12-24)22-7-5-21(6-8-22)19-25(20-29)33-26(36)27(30)13-3-2-4-14-27/h5-12,25H,2-4,13-19,30-32H2,1H3,(H,33,36)/t25-/m0/s1. The molecule has 1 saturated heterocycles. The van der Waals surface area contributed by atoms with Gasteiger partial charge in [-0.25, -0.2) is 0 Å². The first-order valence-electron chi connectivity index (χ1n) is 12.9. The molecule has 7 N–H and O–H groups in total. The molecule has 1 amide bonds.